The van der Waals surface area contributed by atoms with Crippen molar-refractivity contribution in [1.29, 1.82) is 0 Å². The number of furan rings is 1. The second kappa shape index (κ2) is 9.29. The second-order valence-corrected chi connectivity index (χ2v) is 5.30. The van der Waals surface area contributed by atoms with Crippen molar-refractivity contribution in [3.63, 3.8) is 0 Å². The van der Waals surface area contributed by atoms with Crippen LogP contribution in [0, 0.1) is 0 Å². The zero-order chi connectivity index (χ0) is 17.2. The predicted octanol–water partition coefficient (Wildman–Crippen LogP) is 3.56. The van der Waals surface area contributed by atoms with Gasteiger partial charge in [0.1, 0.15) is 5.76 Å². The summed E-state index contributed by atoms with van der Waals surface area (Å²) >= 11 is 0. The van der Waals surface area contributed by atoms with Crippen LogP contribution in [0.4, 0.5) is 5.69 Å². The highest BCUT2D eigenvalue weighted by Crippen LogP contribution is 2.11. The first-order chi connectivity index (χ1) is 11.7. The van der Waals surface area contributed by atoms with Crippen LogP contribution in [-0.4, -0.2) is 18.0 Å². The van der Waals surface area contributed by atoms with E-state index >= 15 is 0 Å². The molecule has 1 heterocycles. The fraction of sp³-hybridized carbons (Fsp3) is 0.278. The maximum Gasteiger partial charge on any atom is 0.271 e. The van der Waals surface area contributed by atoms with Crippen molar-refractivity contribution in [3.05, 3.63) is 54.0 Å². The molecule has 0 saturated heterocycles. The van der Waals surface area contributed by atoms with Gasteiger partial charge in [0.05, 0.1) is 12.5 Å². The van der Waals surface area contributed by atoms with Gasteiger partial charge in [0, 0.05) is 17.7 Å². The van der Waals surface area contributed by atoms with E-state index < -0.39 is 0 Å². The minimum atomic E-state index is -0.335. The Morgan fingerprint density at radius 3 is 2.62 bits per heavy atom. The molecule has 0 aliphatic rings. The minimum absolute atomic E-state index is 0.0105. The Labute approximate surface area is 140 Å². The first-order valence-corrected chi connectivity index (χ1v) is 7.96. The molecule has 0 radical (unpaired) electrons. The number of nitrogens with zero attached hydrogens (tertiary/aromatic N) is 1. The van der Waals surface area contributed by atoms with Crippen LogP contribution in [0.25, 0.3) is 0 Å². The molecule has 0 unspecified atom stereocenters. The van der Waals surface area contributed by atoms with Crippen LogP contribution in [0.1, 0.15) is 48.7 Å². The number of amides is 2. The van der Waals surface area contributed by atoms with E-state index in [1.807, 2.05) is 0 Å². The van der Waals surface area contributed by atoms with Gasteiger partial charge in [0.2, 0.25) is 5.91 Å². The van der Waals surface area contributed by atoms with Gasteiger partial charge in [-0.3, -0.25) is 9.59 Å². The minimum Gasteiger partial charge on any atom is -0.463 e. The maximum atomic E-state index is 11.9. The average Bonchev–Trinajstić information content (AvgIpc) is 3.09. The summed E-state index contributed by atoms with van der Waals surface area (Å²) in [5.74, 6) is 0.207. The van der Waals surface area contributed by atoms with Crippen molar-refractivity contribution in [3.8, 4) is 0 Å². The van der Waals surface area contributed by atoms with Gasteiger partial charge in [-0.2, -0.15) is 5.10 Å². The third-order valence-electron chi connectivity index (χ3n) is 3.34. The Kier molecular flexibility index (Phi) is 6.76. The maximum absolute atomic E-state index is 11.9. The van der Waals surface area contributed by atoms with Crippen LogP contribution in [0.5, 0.6) is 0 Å². The summed E-state index contributed by atoms with van der Waals surface area (Å²) in [5, 5.41) is 6.63. The number of unbranched alkanes of at least 4 members (excludes halogenated alkanes) is 2. The molecule has 0 aliphatic heterocycles. The van der Waals surface area contributed by atoms with Crippen molar-refractivity contribution >= 4 is 23.7 Å². The lowest BCUT2D eigenvalue weighted by molar-refractivity contribution is -0.116. The molecular formula is C18H21N3O3. The lowest BCUT2D eigenvalue weighted by Gasteiger charge is -2.06. The monoisotopic (exact) mass is 327 g/mol. The molecule has 2 N–H and O–H groups in total. The van der Waals surface area contributed by atoms with Crippen molar-refractivity contribution in [1.82, 2.24) is 5.43 Å². The fourth-order valence-electron chi connectivity index (χ4n) is 2.05. The van der Waals surface area contributed by atoms with Crippen molar-refractivity contribution in [2.45, 2.75) is 32.6 Å². The Bertz CT molecular complexity index is 676. The Balaban J connectivity index is 1.82. The van der Waals surface area contributed by atoms with E-state index in [0.717, 1.165) is 19.3 Å². The molecule has 0 aliphatic carbocycles. The zero-order valence-corrected chi connectivity index (χ0v) is 13.6. The molecule has 6 heteroatoms. The molecule has 6 nitrogen and oxygen atoms in total. The second-order valence-electron chi connectivity index (χ2n) is 5.30. The van der Waals surface area contributed by atoms with Gasteiger partial charge < -0.3 is 9.73 Å². The summed E-state index contributed by atoms with van der Waals surface area (Å²) in [6.45, 7) is 2.10. The number of hydrogen-bond donors (Lipinski definition) is 2. The van der Waals surface area contributed by atoms with Gasteiger partial charge in [0.15, 0.2) is 0 Å². The fourth-order valence-corrected chi connectivity index (χ4v) is 2.05. The summed E-state index contributed by atoms with van der Waals surface area (Å²) in [7, 11) is 0. The molecule has 1 aromatic carbocycles. The summed E-state index contributed by atoms with van der Waals surface area (Å²) in [4.78, 5) is 23.7. The smallest absolute Gasteiger partial charge is 0.271 e. The van der Waals surface area contributed by atoms with Crippen LogP contribution < -0.4 is 10.7 Å². The van der Waals surface area contributed by atoms with Gasteiger partial charge in [0.25, 0.3) is 5.91 Å². The summed E-state index contributed by atoms with van der Waals surface area (Å²) in [5.41, 5.74) is 3.54. The van der Waals surface area contributed by atoms with Gasteiger partial charge in [-0.05, 0) is 42.8 Å². The van der Waals surface area contributed by atoms with Crippen molar-refractivity contribution in [2.75, 3.05) is 5.32 Å². The average molecular weight is 327 g/mol. The molecule has 0 fully saturated rings. The first kappa shape index (κ1) is 17.5. The molecule has 2 rings (SSSR count). The van der Waals surface area contributed by atoms with Crippen molar-refractivity contribution in [2.24, 2.45) is 5.10 Å². The van der Waals surface area contributed by atoms with E-state index in [1.165, 1.54) is 12.5 Å². The number of benzene rings is 1. The largest absolute Gasteiger partial charge is 0.463 e. The number of carbonyl (C=O) groups is 2. The molecule has 0 spiro atoms. The van der Waals surface area contributed by atoms with Gasteiger partial charge in [-0.25, -0.2) is 5.43 Å². The van der Waals surface area contributed by atoms with E-state index in [-0.39, 0.29) is 11.8 Å². The molecule has 0 saturated carbocycles. The van der Waals surface area contributed by atoms with E-state index in [0.29, 0.717) is 23.4 Å². The Hall–Kier alpha value is -2.89. The highest BCUT2D eigenvalue weighted by molar-refractivity contribution is 5.96. The number of nitrogens with one attached hydrogen (secondary N) is 2. The van der Waals surface area contributed by atoms with E-state index in [1.54, 1.807) is 36.4 Å². The molecular weight excluding hydrogens is 306 g/mol. The van der Waals surface area contributed by atoms with Crippen LogP contribution in [0.15, 0.2) is 52.2 Å². The third-order valence-corrected chi connectivity index (χ3v) is 3.34. The third kappa shape index (κ3) is 5.72. The van der Waals surface area contributed by atoms with Crippen LogP contribution in [-0.2, 0) is 4.79 Å². The summed E-state index contributed by atoms with van der Waals surface area (Å²) < 4.78 is 5.07. The number of hydrogen-bond acceptors (Lipinski definition) is 4. The zero-order valence-electron chi connectivity index (χ0n) is 13.6. The highest BCUT2D eigenvalue weighted by atomic mass is 16.3. The number of carbonyl (C=O) groups excluding carboxylic acids is 2. The number of rotatable bonds is 8. The van der Waals surface area contributed by atoms with Crippen molar-refractivity contribution < 1.29 is 14.0 Å². The molecule has 126 valence electrons. The lowest BCUT2D eigenvalue weighted by Crippen LogP contribution is -2.17. The van der Waals surface area contributed by atoms with Gasteiger partial charge in [-0.15, -0.1) is 0 Å². The first-order valence-electron chi connectivity index (χ1n) is 7.96. The van der Waals surface area contributed by atoms with Gasteiger partial charge in [-0.1, -0.05) is 19.8 Å². The SMILES string of the molecule is CCCCCC(=O)Nc1ccc(C(=O)N/N=C/c2ccco2)cc1. The quantitative estimate of drug-likeness (QED) is 0.442. The van der Waals surface area contributed by atoms with E-state index in [4.69, 9.17) is 4.42 Å². The Morgan fingerprint density at radius 2 is 1.96 bits per heavy atom. The molecule has 2 aromatic rings. The Morgan fingerprint density at radius 1 is 1.17 bits per heavy atom. The summed E-state index contributed by atoms with van der Waals surface area (Å²) in [6.07, 6.45) is 6.47. The summed E-state index contributed by atoms with van der Waals surface area (Å²) in [6, 6.07) is 10.1. The predicted molar refractivity (Wildman–Crippen MR) is 93.0 cm³/mol. The topological polar surface area (TPSA) is 83.7 Å². The van der Waals surface area contributed by atoms with Crippen LogP contribution in [0.2, 0.25) is 0 Å². The number of anilines is 1. The lowest BCUT2D eigenvalue weighted by atomic mass is 10.1. The van der Waals surface area contributed by atoms with Gasteiger partial charge >= 0.3 is 0 Å². The molecule has 1 aromatic heterocycles. The molecule has 0 atom stereocenters. The van der Waals surface area contributed by atoms with E-state index in [2.05, 4.69) is 22.8 Å². The van der Waals surface area contributed by atoms with Crippen LogP contribution >= 0.6 is 0 Å². The number of hydrazone groups is 1. The van der Waals surface area contributed by atoms with E-state index in [9.17, 15) is 9.59 Å². The standard InChI is InChI=1S/C18H21N3O3/c1-2-3-4-7-17(22)20-15-10-8-14(9-11-15)18(23)21-19-13-16-6-5-12-24-16/h5-6,8-13H,2-4,7H2,1H3,(H,20,22)(H,21,23)/b19-13+. The molecule has 0 bridgehead atoms. The highest BCUT2D eigenvalue weighted by Gasteiger charge is 2.06. The normalized spacial score (nSPS) is 10.7. The molecule has 24 heavy (non-hydrogen) atoms. The molecule has 2 amide bonds. The van der Waals surface area contributed by atoms with Crippen LogP contribution in [0.3, 0.4) is 0 Å².